The topological polar surface area (TPSA) is 97.3 Å². The number of rotatable bonds is 7. The maximum Gasteiger partial charge on any atom is 0.430 e. The van der Waals surface area contributed by atoms with Crippen LogP contribution in [0.5, 0.6) is 17.2 Å². The number of carbonyl (C=O) groups excluding carboxylic acids is 2. The molecule has 41 heavy (non-hydrogen) atoms. The minimum absolute atomic E-state index is 0.00677. The summed E-state index contributed by atoms with van der Waals surface area (Å²) in [4.78, 5) is 26.5. The molecule has 220 valence electrons. The van der Waals surface area contributed by atoms with E-state index in [4.69, 9.17) is 14.2 Å². The average Bonchev–Trinajstić information content (AvgIpc) is 3.45. The van der Waals surface area contributed by atoms with Crippen LogP contribution in [0, 0.1) is 11.8 Å². The number of urea groups is 1. The van der Waals surface area contributed by atoms with Gasteiger partial charge in [-0.2, -0.15) is 26.3 Å². The van der Waals surface area contributed by atoms with Gasteiger partial charge in [-0.3, -0.25) is 9.69 Å². The minimum atomic E-state index is -6.01. The van der Waals surface area contributed by atoms with Crippen LogP contribution >= 0.6 is 0 Å². The van der Waals surface area contributed by atoms with E-state index >= 15 is 0 Å². The molecule has 0 aliphatic carbocycles. The highest BCUT2D eigenvalue weighted by molar-refractivity contribution is 6.07. The van der Waals surface area contributed by atoms with Crippen molar-refractivity contribution in [3.63, 3.8) is 0 Å². The van der Waals surface area contributed by atoms with E-state index in [0.717, 1.165) is 11.0 Å². The number of ether oxygens (including phenoxy) is 3. The Kier molecular flexibility index (Phi) is 7.79. The number of nitrogens with zero attached hydrogens (tertiary/aromatic N) is 1. The molecule has 1 unspecified atom stereocenters. The lowest BCUT2D eigenvalue weighted by Gasteiger charge is -2.33. The van der Waals surface area contributed by atoms with Crippen LogP contribution in [0.3, 0.4) is 0 Å². The van der Waals surface area contributed by atoms with Crippen LogP contribution in [-0.2, 0) is 22.4 Å². The van der Waals surface area contributed by atoms with Crippen LogP contribution in [-0.4, -0.2) is 54.2 Å². The van der Waals surface area contributed by atoms with Crippen molar-refractivity contribution in [1.29, 1.82) is 0 Å². The first-order chi connectivity index (χ1) is 19.1. The molecule has 2 aliphatic heterocycles. The predicted octanol–water partition coefficient (Wildman–Crippen LogP) is 4.53. The third-order valence-electron chi connectivity index (χ3n) is 6.70. The molecular formula is C27H24F6N2O6. The van der Waals surface area contributed by atoms with Gasteiger partial charge in [0.25, 0.3) is 11.5 Å². The highest BCUT2D eigenvalue weighted by atomic mass is 19.4. The predicted molar refractivity (Wildman–Crippen MR) is 130 cm³/mol. The van der Waals surface area contributed by atoms with Crippen molar-refractivity contribution in [3.8, 4) is 29.1 Å². The number of aliphatic hydroxyl groups is 1. The first-order valence-corrected chi connectivity index (χ1v) is 12.3. The average molecular weight is 586 g/mol. The van der Waals surface area contributed by atoms with Gasteiger partial charge in [0.1, 0.15) is 17.9 Å². The lowest BCUT2D eigenvalue weighted by atomic mass is 9.90. The van der Waals surface area contributed by atoms with Crippen molar-refractivity contribution < 1.29 is 55.2 Å². The number of amides is 3. The molecule has 1 fully saturated rings. The Hall–Kier alpha value is -4.12. The number of alkyl halides is 6. The third-order valence-corrected chi connectivity index (χ3v) is 6.70. The molecule has 0 saturated carbocycles. The Labute approximate surface area is 230 Å². The Balaban J connectivity index is 1.45. The number of imide groups is 1. The number of aryl methyl sites for hydroxylation is 1. The van der Waals surface area contributed by atoms with Crippen molar-refractivity contribution in [2.45, 2.75) is 50.2 Å². The Morgan fingerprint density at radius 1 is 1.02 bits per heavy atom. The fourth-order valence-electron chi connectivity index (χ4n) is 4.44. The summed E-state index contributed by atoms with van der Waals surface area (Å²) in [5.74, 6) is 5.51. The van der Waals surface area contributed by atoms with Crippen molar-refractivity contribution in [3.05, 3.63) is 53.1 Å². The van der Waals surface area contributed by atoms with E-state index in [1.807, 2.05) is 0 Å². The molecule has 0 aromatic heterocycles. The maximum absolute atomic E-state index is 13.3. The van der Waals surface area contributed by atoms with E-state index in [9.17, 15) is 41.0 Å². The summed E-state index contributed by atoms with van der Waals surface area (Å²) in [7, 11) is 0. The quantitative estimate of drug-likeness (QED) is 0.281. The molecule has 0 radical (unpaired) electrons. The lowest BCUT2D eigenvalue weighted by Crippen LogP contribution is -2.53. The molecule has 2 heterocycles. The molecule has 3 amide bonds. The summed E-state index contributed by atoms with van der Waals surface area (Å²) in [5, 5.41) is 12.3. The second kappa shape index (κ2) is 10.7. The van der Waals surface area contributed by atoms with Gasteiger partial charge in [0.15, 0.2) is 11.5 Å². The van der Waals surface area contributed by atoms with Gasteiger partial charge in [-0.15, -0.1) is 0 Å². The zero-order valence-corrected chi connectivity index (χ0v) is 21.7. The molecule has 4 rings (SSSR count). The van der Waals surface area contributed by atoms with Gasteiger partial charge in [-0.05, 0) is 48.7 Å². The zero-order chi connectivity index (χ0) is 30.2. The lowest BCUT2D eigenvalue weighted by molar-refractivity contribution is -0.376. The van der Waals surface area contributed by atoms with Crippen molar-refractivity contribution in [2.24, 2.45) is 0 Å². The molecular weight excluding hydrogens is 562 g/mol. The molecule has 14 heteroatoms. The Morgan fingerprint density at radius 2 is 1.71 bits per heavy atom. The molecule has 1 saturated heterocycles. The van der Waals surface area contributed by atoms with E-state index in [2.05, 4.69) is 17.2 Å². The van der Waals surface area contributed by atoms with Crippen LogP contribution in [0.25, 0.3) is 0 Å². The second-order valence-electron chi connectivity index (χ2n) is 9.44. The molecule has 2 N–H and O–H groups in total. The van der Waals surface area contributed by atoms with Gasteiger partial charge in [0.2, 0.25) is 6.79 Å². The summed E-state index contributed by atoms with van der Waals surface area (Å²) >= 11 is 0. The van der Waals surface area contributed by atoms with Crippen molar-refractivity contribution in [1.82, 2.24) is 10.2 Å². The molecule has 2 aromatic carbocycles. The first kappa shape index (κ1) is 29.9. The van der Waals surface area contributed by atoms with Crippen molar-refractivity contribution in [2.75, 3.05) is 19.9 Å². The van der Waals surface area contributed by atoms with E-state index < -0.39 is 41.0 Å². The SMILES string of the molecule is CCCc1cc(C(O)(C(F)(F)F)C(F)(F)F)ccc1OCC#CCN1C(=O)NC(C)(c2ccc3c(c2)OCO3)C1=O. The van der Waals surface area contributed by atoms with E-state index in [1.165, 1.54) is 6.92 Å². The van der Waals surface area contributed by atoms with Gasteiger partial charge in [0, 0.05) is 5.56 Å². The summed E-state index contributed by atoms with van der Waals surface area (Å²) in [6.45, 7) is 2.57. The van der Waals surface area contributed by atoms with Gasteiger partial charge >= 0.3 is 18.4 Å². The summed E-state index contributed by atoms with van der Waals surface area (Å²) in [6, 6.07) is 6.15. The third kappa shape index (κ3) is 5.33. The normalized spacial score (nSPS) is 18.7. The van der Waals surface area contributed by atoms with E-state index in [1.54, 1.807) is 25.1 Å². The van der Waals surface area contributed by atoms with Crippen LogP contribution in [0.2, 0.25) is 0 Å². The fourth-order valence-corrected chi connectivity index (χ4v) is 4.44. The van der Waals surface area contributed by atoms with Gasteiger partial charge in [0.05, 0.1) is 6.54 Å². The largest absolute Gasteiger partial charge is 0.481 e. The number of fused-ring (bicyclic) bond motifs is 1. The van der Waals surface area contributed by atoms with E-state index in [-0.39, 0.29) is 37.7 Å². The minimum Gasteiger partial charge on any atom is -0.481 e. The van der Waals surface area contributed by atoms with Gasteiger partial charge < -0.3 is 24.6 Å². The number of hydrogen-bond acceptors (Lipinski definition) is 6. The Morgan fingerprint density at radius 3 is 2.37 bits per heavy atom. The molecule has 2 aliphatic rings. The monoisotopic (exact) mass is 586 g/mol. The van der Waals surface area contributed by atoms with Crippen LogP contribution in [0.15, 0.2) is 36.4 Å². The highest BCUT2D eigenvalue weighted by Crippen LogP contribution is 2.50. The zero-order valence-electron chi connectivity index (χ0n) is 21.7. The first-order valence-electron chi connectivity index (χ1n) is 12.3. The molecule has 0 spiro atoms. The summed E-state index contributed by atoms with van der Waals surface area (Å²) in [6.07, 6.45) is -11.6. The number of benzene rings is 2. The number of halogens is 6. The van der Waals surface area contributed by atoms with Crippen molar-refractivity contribution >= 4 is 11.9 Å². The molecule has 0 bridgehead atoms. The smallest absolute Gasteiger partial charge is 0.430 e. The summed E-state index contributed by atoms with van der Waals surface area (Å²) in [5.41, 5.74) is -7.36. The van der Waals surface area contributed by atoms with Gasteiger partial charge in [-0.25, -0.2) is 4.79 Å². The maximum atomic E-state index is 13.3. The van der Waals surface area contributed by atoms with Gasteiger partial charge in [-0.1, -0.05) is 37.3 Å². The second-order valence-corrected chi connectivity index (χ2v) is 9.44. The fraction of sp³-hybridized carbons (Fsp3) is 0.407. The van der Waals surface area contributed by atoms with Crippen LogP contribution in [0.1, 0.15) is 37.0 Å². The van der Waals surface area contributed by atoms with E-state index in [0.29, 0.717) is 35.6 Å². The van der Waals surface area contributed by atoms with Crippen LogP contribution < -0.4 is 19.5 Å². The highest BCUT2D eigenvalue weighted by Gasteiger charge is 2.71. The van der Waals surface area contributed by atoms with Crippen LogP contribution in [0.4, 0.5) is 31.1 Å². The summed E-state index contributed by atoms with van der Waals surface area (Å²) < 4.78 is 95.8. The Bertz CT molecular complexity index is 1400. The molecule has 8 nitrogen and oxygen atoms in total. The molecule has 1 atom stereocenters. The standard InChI is InChI=1S/C27H24F6N2O6/c1-3-6-16-13-18(25(38,26(28,29)30)27(31,32)33)8-9-19(16)39-12-5-4-11-35-22(36)24(2,34-23(35)37)17-7-10-20-21(14-17)41-15-40-20/h7-10,13-14,38H,3,6,11-12,15H2,1-2H3,(H,34,37). The number of hydrogen-bond donors (Lipinski definition) is 2. The number of carbonyl (C=O) groups is 2. The number of nitrogens with one attached hydrogen (secondary N) is 1. The molecule has 2 aromatic rings.